The molecule has 0 saturated heterocycles. The molecule has 0 aliphatic heterocycles. The van der Waals surface area contributed by atoms with Gasteiger partial charge in [-0.05, 0) is 34.5 Å². The quantitative estimate of drug-likeness (QED) is 0.774. The van der Waals surface area contributed by atoms with E-state index in [1.165, 1.54) is 17.1 Å². The zero-order valence-corrected chi connectivity index (χ0v) is 13.2. The fourth-order valence-electron chi connectivity index (χ4n) is 2.05. The van der Waals surface area contributed by atoms with Gasteiger partial charge in [-0.3, -0.25) is 4.79 Å². The Balaban J connectivity index is 2.13. The molecule has 2 rings (SSSR count). The topological polar surface area (TPSA) is 42.9 Å². The maximum absolute atomic E-state index is 12.3. The SMILES string of the molecule is CC(C)c1ccc(CC(=O)c2snnc2C(C)C)cc1. The van der Waals surface area contributed by atoms with Gasteiger partial charge in [-0.1, -0.05) is 56.4 Å². The summed E-state index contributed by atoms with van der Waals surface area (Å²) in [6.45, 7) is 8.39. The molecule has 0 saturated carbocycles. The number of Topliss-reactive ketones (excluding diaryl/α,β-unsaturated/α-hetero) is 1. The average Bonchev–Trinajstić information content (AvgIpc) is 2.88. The molecule has 2 aromatic rings. The van der Waals surface area contributed by atoms with E-state index in [9.17, 15) is 4.79 Å². The van der Waals surface area contributed by atoms with E-state index in [-0.39, 0.29) is 11.7 Å². The first-order valence-electron chi connectivity index (χ1n) is 6.93. The Morgan fingerprint density at radius 1 is 1.10 bits per heavy atom. The smallest absolute Gasteiger partial charge is 0.180 e. The first kappa shape index (κ1) is 14.9. The van der Waals surface area contributed by atoms with Crippen LogP contribution in [0.2, 0.25) is 0 Å². The third-order valence-corrected chi connectivity index (χ3v) is 4.11. The summed E-state index contributed by atoms with van der Waals surface area (Å²) in [7, 11) is 0. The molecule has 0 amide bonds. The minimum absolute atomic E-state index is 0.112. The number of ketones is 1. The Hall–Kier alpha value is -1.55. The molecule has 0 unspecified atom stereocenters. The van der Waals surface area contributed by atoms with Crippen LogP contribution in [0, 0.1) is 0 Å². The first-order chi connectivity index (χ1) is 9.49. The van der Waals surface area contributed by atoms with Crippen LogP contribution in [0.3, 0.4) is 0 Å². The van der Waals surface area contributed by atoms with Crippen molar-refractivity contribution in [2.24, 2.45) is 0 Å². The number of carbonyl (C=O) groups excluding carboxylic acids is 1. The van der Waals surface area contributed by atoms with E-state index in [4.69, 9.17) is 0 Å². The molecule has 1 heterocycles. The van der Waals surface area contributed by atoms with Gasteiger partial charge in [0, 0.05) is 6.42 Å². The molecule has 0 spiro atoms. The van der Waals surface area contributed by atoms with Gasteiger partial charge < -0.3 is 0 Å². The van der Waals surface area contributed by atoms with Crippen LogP contribution in [0.1, 0.15) is 66.0 Å². The molecule has 0 N–H and O–H groups in total. The molecule has 1 aromatic carbocycles. The number of benzene rings is 1. The Labute approximate surface area is 124 Å². The second-order valence-corrected chi connectivity index (χ2v) is 6.39. The number of nitrogens with zero attached hydrogens (tertiary/aromatic N) is 2. The molecule has 0 bridgehead atoms. The zero-order valence-electron chi connectivity index (χ0n) is 12.4. The van der Waals surface area contributed by atoms with Gasteiger partial charge in [0.2, 0.25) is 0 Å². The van der Waals surface area contributed by atoms with E-state index in [0.717, 1.165) is 11.3 Å². The summed E-state index contributed by atoms with van der Waals surface area (Å²) < 4.78 is 3.91. The molecule has 0 aliphatic carbocycles. The highest BCUT2D eigenvalue weighted by atomic mass is 32.1. The van der Waals surface area contributed by atoms with Gasteiger partial charge in [-0.2, -0.15) is 0 Å². The van der Waals surface area contributed by atoms with Crippen LogP contribution in [0.15, 0.2) is 24.3 Å². The van der Waals surface area contributed by atoms with Crippen molar-refractivity contribution in [3.05, 3.63) is 46.0 Å². The number of carbonyl (C=O) groups is 1. The van der Waals surface area contributed by atoms with Gasteiger partial charge in [-0.25, -0.2) is 0 Å². The fraction of sp³-hybridized carbons (Fsp3) is 0.438. The molecule has 0 aliphatic rings. The predicted octanol–water partition coefficient (Wildman–Crippen LogP) is 4.21. The zero-order chi connectivity index (χ0) is 14.7. The van der Waals surface area contributed by atoms with Gasteiger partial charge in [-0.15, -0.1) is 5.10 Å². The summed E-state index contributed by atoms with van der Waals surface area (Å²) in [4.78, 5) is 13.1. The summed E-state index contributed by atoms with van der Waals surface area (Å²) in [5.74, 6) is 0.856. The minimum atomic E-state index is 0.112. The van der Waals surface area contributed by atoms with Crippen molar-refractivity contribution in [1.82, 2.24) is 9.59 Å². The standard InChI is InChI=1S/C16H20N2OS/c1-10(2)13-7-5-12(6-8-13)9-14(19)16-15(11(3)4)17-18-20-16/h5-8,10-11H,9H2,1-4H3. The van der Waals surface area contributed by atoms with Crippen molar-refractivity contribution in [2.75, 3.05) is 0 Å². The van der Waals surface area contributed by atoms with Crippen LogP contribution in [0.5, 0.6) is 0 Å². The number of hydrogen-bond donors (Lipinski definition) is 0. The summed E-state index contributed by atoms with van der Waals surface area (Å²) in [6, 6.07) is 8.27. The summed E-state index contributed by atoms with van der Waals surface area (Å²) in [5, 5.41) is 4.06. The number of aromatic nitrogens is 2. The lowest BCUT2D eigenvalue weighted by molar-refractivity contribution is 0.0995. The van der Waals surface area contributed by atoms with E-state index in [0.29, 0.717) is 17.2 Å². The third kappa shape index (κ3) is 3.31. The number of rotatable bonds is 5. The number of hydrogen-bond acceptors (Lipinski definition) is 4. The van der Waals surface area contributed by atoms with Crippen molar-refractivity contribution >= 4 is 17.3 Å². The predicted molar refractivity (Wildman–Crippen MR) is 82.6 cm³/mol. The highest BCUT2D eigenvalue weighted by molar-refractivity contribution is 7.08. The second kappa shape index (κ2) is 6.27. The van der Waals surface area contributed by atoms with Gasteiger partial charge in [0.1, 0.15) is 4.88 Å². The Morgan fingerprint density at radius 2 is 1.75 bits per heavy atom. The lowest BCUT2D eigenvalue weighted by atomic mass is 9.99. The van der Waals surface area contributed by atoms with Crippen LogP contribution in [-0.4, -0.2) is 15.4 Å². The van der Waals surface area contributed by atoms with Crippen molar-refractivity contribution in [1.29, 1.82) is 0 Å². The summed E-state index contributed by atoms with van der Waals surface area (Å²) >= 11 is 1.20. The minimum Gasteiger partial charge on any atom is -0.293 e. The van der Waals surface area contributed by atoms with E-state index >= 15 is 0 Å². The van der Waals surface area contributed by atoms with Gasteiger partial charge in [0.15, 0.2) is 5.78 Å². The van der Waals surface area contributed by atoms with E-state index in [1.807, 2.05) is 26.0 Å². The molecule has 0 radical (unpaired) electrons. The van der Waals surface area contributed by atoms with Crippen molar-refractivity contribution in [3.63, 3.8) is 0 Å². The second-order valence-electron chi connectivity index (χ2n) is 5.64. The van der Waals surface area contributed by atoms with Gasteiger partial charge >= 0.3 is 0 Å². The molecular formula is C16H20N2OS. The van der Waals surface area contributed by atoms with Crippen LogP contribution in [0.25, 0.3) is 0 Å². The highest BCUT2D eigenvalue weighted by Gasteiger charge is 2.18. The molecule has 20 heavy (non-hydrogen) atoms. The molecule has 0 atom stereocenters. The Bertz CT molecular complexity index is 585. The summed E-state index contributed by atoms with van der Waals surface area (Å²) in [5.41, 5.74) is 3.16. The van der Waals surface area contributed by atoms with Crippen LogP contribution >= 0.6 is 11.5 Å². The normalized spacial score (nSPS) is 11.3. The van der Waals surface area contributed by atoms with Crippen molar-refractivity contribution < 1.29 is 4.79 Å². The lowest BCUT2D eigenvalue weighted by Crippen LogP contribution is -2.06. The van der Waals surface area contributed by atoms with Crippen LogP contribution in [0.4, 0.5) is 0 Å². The van der Waals surface area contributed by atoms with E-state index in [1.54, 1.807) is 0 Å². The third-order valence-electron chi connectivity index (χ3n) is 3.32. The lowest BCUT2D eigenvalue weighted by Gasteiger charge is -2.07. The largest absolute Gasteiger partial charge is 0.293 e. The van der Waals surface area contributed by atoms with Crippen LogP contribution < -0.4 is 0 Å². The van der Waals surface area contributed by atoms with E-state index in [2.05, 4.69) is 35.6 Å². The molecule has 0 fully saturated rings. The fourth-order valence-corrected chi connectivity index (χ4v) is 2.81. The molecule has 3 nitrogen and oxygen atoms in total. The molecular weight excluding hydrogens is 268 g/mol. The Morgan fingerprint density at radius 3 is 2.30 bits per heavy atom. The molecule has 1 aromatic heterocycles. The highest BCUT2D eigenvalue weighted by Crippen LogP contribution is 2.22. The van der Waals surface area contributed by atoms with Crippen molar-refractivity contribution in [2.45, 2.75) is 46.0 Å². The van der Waals surface area contributed by atoms with Crippen LogP contribution in [-0.2, 0) is 6.42 Å². The Kier molecular flexibility index (Phi) is 4.65. The van der Waals surface area contributed by atoms with Gasteiger partial charge in [0.25, 0.3) is 0 Å². The monoisotopic (exact) mass is 288 g/mol. The first-order valence-corrected chi connectivity index (χ1v) is 7.70. The molecule has 4 heteroatoms. The van der Waals surface area contributed by atoms with E-state index < -0.39 is 0 Å². The molecule has 106 valence electrons. The maximum Gasteiger partial charge on any atom is 0.180 e. The van der Waals surface area contributed by atoms with Crippen molar-refractivity contribution in [3.8, 4) is 0 Å². The summed E-state index contributed by atoms with van der Waals surface area (Å²) in [6.07, 6.45) is 0.419. The average molecular weight is 288 g/mol. The maximum atomic E-state index is 12.3. The van der Waals surface area contributed by atoms with Gasteiger partial charge in [0.05, 0.1) is 5.69 Å².